The van der Waals surface area contributed by atoms with E-state index in [1.165, 1.54) is 28.9 Å². The first-order valence-electron chi connectivity index (χ1n) is 23.8. The molecule has 0 spiro atoms. The van der Waals surface area contributed by atoms with Gasteiger partial charge in [0.1, 0.15) is 9.75 Å². The van der Waals surface area contributed by atoms with Crippen molar-refractivity contribution in [3.63, 3.8) is 0 Å². The Labute approximate surface area is 431 Å². The highest BCUT2D eigenvalue weighted by atomic mass is 35.5. The van der Waals surface area contributed by atoms with E-state index in [0.717, 1.165) is 53.4 Å². The lowest BCUT2D eigenvalue weighted by molar-refractivity contribution is 0.0940. The zero-order valence-corrected chi connectivity index (χ0v) is 44.9. The van der Waals surface area contributed by atoms with E-state index >= 15 is 0 Å². The molecule has 0 saturated carbocycles. The van der Waals surface area contributed by atoms with Crippen LogP contribution in [-0.2, 0) is 13.1 Å². The second-order valence-corrected chi connectivity index (χ2v) is 22.1. The van der Waals surface area contributed by atoms with Crippen LogP contribution < -0.4 is 30.7 Å². The number of carbonyl (C=O) groups is 2. The number of carbonyl (C=O) groups excluding carboxylic acids is 2. The van der Waals surface area contributed by atoms with E-state index in [-0.39, 0.29) is 46.1 Å². The lowest BCUT2D eigenvalue weighted by atomic mass is 10.1. The molecular weight excluding hydrogens is 975 g/mol. The van der Waals surface area contributed by atoms with E-state index in [0.29, 0.717) is 64.7 Å². The summed E-state index contributed by atoms with van der Waals surface area (Å²) in [5, 5.41) is 16.8. The van der Waals surface area contributed by atoms with Gasteiger partial charge in [-0.3, -0.25) is 19.4 Å². The van der Waals surface area contributed by atoms with Crippen LogP contribution in [0.3, 0.4) is 0 Å². The fraction of sp³-hybridized carbons (Fsp3) is 0.385. The van der Waals surface area contributed by atoms with Crippen LogP contribution in [0.25, 0.3) is 42.0 Å². The number of rotatable bonds is 8. The molecule has 6 aromatic heterocycles. The van der Waals surface area contributed by atoms with Crippen molar-refractivity contribution < 1.29 is 23.5 Å². The Balaban J connectivity index is 0.000000186. The van der Waals surface area contributed by atoms with Crippen LogP contribution in [0.15, 0.2) is 60.9 Å². The van der Waals surface area contributed by atoms with E-state index in [4.69, 9.17) is 26.1 Å². The van der Waals surface area contributed by atoms with Crippen LogP contribution in [0, 0.1) is 6.08 Å². The predicted molar refractivity (Wildman–Crippen MR) is 288 cm³/mol. The van der Waals surface area contributed by atoms with E-state index in [9.17, 15) is 14.0 Å². The van der Waals surface area contributed by atoms with Gasteiger partial charge in [0, 0.05) is 116 Å². The highest BCUT2D eigenvalue weighted by Crippen LogP contribution is 2.43. The smallest absolute Gasteiger partial charge is 0.311 e. The highest BCUT2D eigenvalue weighted by Gasteiger charge is 2.28. The van der Waals surface area contributed by atoms with E-state index in [1.54, 1.807) is 12.3 Å². The Morgan fingerprint density at radius 2 is 1.08 bits per heavy atom. The normalized spacial score (nSPS) is 15.8. The summed E-state index contributed by atoms with van der Waals surface area (Å²) < 4.78 is 28.0. The third-order valence-corrected chi connectivity index (χ3v) is 14.9. The Hall–Kier alpha value is -6.38. The van der Waals surface area contributed by atoms with Gasteiger partial charge < -0.3 is 30.7 Å². The lowest BCUT2D eigenvalue weighted by Crippen LogP contribution is -2.37. The SMILES string of the molecule is CC.C[C@@H]1CNc2c(sc3ccc4nc(Oc5nc(Cl)ncc5CN(C)C(C)(C)C)ccc4c23)C(=O)N1.C[C@@H]1CNc2c(sc3ccc4nc(Oc5nc(F)ncc5CN(C)C(C)(C)C)ccc4c23)C(=O)N1. The number of aromatic nitrogens is 6. The number of halogens is 2. The van der Waals surface area contributed by atoms with Gasteiger partial charge in [0.25, 0.3) is 11.8 Å². The molecule has 2 aromatic carbocycles. The number of pyridine rings is 2. The van der Waals surface area contributed by atoms with Crippen LogP contribution in [0.2, 0.25) is 5.28 Å². The number of thiophene rings is 2. The van der Waals surface area contributed by atoms with Crippen molar-refractivity contribution in [3.05, 3.63) is 93.2 Å². The summed E-state index contributed by atoms with van der Waals surface area (Å²) in [6, 6.07) is 15.3. The van der Waals surface area contributed by atoms with Crippen LogP contribution in [0.1, 0.15) is 99.7 Å². The molecule has 8 heterocycles. The molecule has 0 fully saturated rings. The maximum Gasteiger partial charge on any atom is 0.311 e. The molecule has 0 aliphatic carbocycles. The number of hydrogen-bond donors (Lipinski definition) is 4. The quantitative estimate of drug-likeness (QED) is 0.105. The number of amides is 2. The minimum atomic E-state index is -0.857. The van der Waals surface area contributed by atoms with Gasteiger partial charge in [-0.15, -0.1) is 22.7 Å². The first kappa shape index (κ1) is 52.0. The molecule has 16 nitrogen and oxygen atoms in total. The molecule has 2 aliphatic heterocycles. The van der Waals surface area contributed by atoms with Crippen LogP contribution in [-0.4, -0.2) is 102 Å². The van der Waals surface area contributed by atoms with Gasteiger partial charge in [-0.05, 0) is 117 Å². The van der Waals surface area contributed by atoms with Gasteiger partial charge >= 0.3 is 6.08 Å². The fourth-order valence-electron chi connectivity index (χ4n) is 7.85. The third-order valence-electron chi connectivity index (χ3n) is 12.4. The van der Waals surface area contributed by atoms with Gasteiger partial charge in [-0.2, -0.15) is 14.4 Å². The van der Waals surface area contributed by atoms with Gasteiger partial charge in [0.2, 0.25) is 28.8 Å². The molecule has 10 rings (SSSR count). The molecule has 2 amide bonds. The van der Waals surface area contributed by atoms with E-state index in [1.807, 2.05) is 84.3 Å². The lowest BCUT2D eigenvalue weighted by Gasteiger charge is -2.32. The molecule has 4 N–H and O–H groups in total. The van der Waals surface area contributed by atoms with Crippen molar-refractivity contribution in [2.45, 2.75) is 105 Å². The molecule has 2 aliphatic rings. The standard InChI is InChI=1S/C25H27ClN6O2S.C25H27FN6O2S.C2H6/c2*1-13-10-27-20-19-15-6-9-18(30-16(15)7-8-17(19)35-21(20)22(33)29-13)34-23-14(11-28-24(26)31-23)12-32(5)25(2,3)4;1-2/h2*6-9,11,13,27H,10,12H2,1-5H3,(H,29,33);1-2H3/t2*13-;/m11./s1. The van der Waals surface area contributed by atoms with Gasteiger partial charge in [0.05, 0.1) is 22.4 Å². The second kappa shape index (κ2) is 21.0. The predicted octanol–water partition coefficient (Wildman–Crippen LogP) is 11.4. The molecule has 0 bridgehead atoms. The topological polar surface area (TPSA) is 185 Å². The minimum absolute atomic E-state index is 0.0324. The van der Waals surface area contributed by atoms with Crippen molar-refractivity contribution >= 4 is 99.4 Å². The van der Waals surface area contributed by atoms with E-state index in [2.05, 4.69) is 97.5 Å². The van der Waals surface area contributed by atoms with Crippen LogP contribution in [0.4, 0.5) is 15.8 Å². The zero-order valence-electron chi connectivity index (χ0n) is 42.5. The molecule has 20 heteroatoms. The summed E-state index contributed by atoms with van der Waals surface area (Å²) >= 11 is 9.03. The molecule has 0 saturated heterocycles. The maximum atomic E-state index is 13.9. The molecular formula is C52H60ClFN12O4S2. The first-order chi connectivity index (χ1) is 34.2. The molecule has 378 valence electrons. The average Bonchev–Trinajstić information content (AvgIpc) is 3.83. The zero-order chi connectivity index (χ0) is 51.8. The fourth-order valence-corrected chi connectivity index (χ4v) is 10.2. The van der Waals surface area contributed by atoms with Gasteiger partial charge in [-0.25, -0.2) is 19.9 Å². The number of anilines is 2. The molecule has 0 unspecified atom stereocenters. The van der Waals surface area contributed by atoms with Crippen molar-refractivity contribution in [1.82, 2.24) is 50.3 Å². The largest absolute Gasteiger partial charge is 0.420 e. The third kappa shape index (κ3) is 11.1. The summed E-state index contributed by atoms with van der Waals surface area (Å²) in [5.41, 5.74) is 4.51. The summed E-state index contributed by atoms with van der Waals surface area (Å²) in [6.45, 7) is 23.0. The Morgan fingerprint density at radius 3 is 1.53 bits per heavy atom. The summed E-state index contributed by atoms with van der Waals surface area (Å²) in [5.74, 6) is 1.11. The van der Waals surface area contributed by atoms with Crippen LogP contribution in [0.5, 0.6) is 23.5 Å². The number of nitrogens with zero attached hydrogens (tertiary/aromatic N) is 8. The minimum Gasteiger partial charge on any atom is -0.420 e. The van der Waals surface area contributed by atoms with Gasteiger partial charge in [0.15, 0.2) is 0 Å². The van der Waals surface area contributed by atoms with Crippen molar-refractivity contribution in [1.29, 1.82) is 0 Å². The number of hydrogen-bond acceptors (Lipinski definition) is 16. The van der Waals surface area contributed by atoms with Gasteiger partial charge in [-0.1, -0.05) is 13.8 Å². The molecule has 72 heavy (non-hydrogen) atoms. The number of ether oxygens (including phenoxy) is 2. The number of fused-ring (bicyclic) bond motifs is 10. The molecule has 0 radical (unpaired) electrons. The Morgan fingerprint density at radius 1 is 0.653 bits per heavy atom. The summed E-state index contributed by atoms with van der Waals surface area (Å²) in [7, 11) is 4.02. The van der Waals surface area contributed by atoms with E-state index < -0.39 is 6.08 Å². The van der Waals surface area contributed by atoms with Crippen molar-refractivity contribution in [2.75, 3.05) is 37.8 Å². The van der Waals surface area contributed by atoms with Crippen molar-refractivity contribution in [3.8, 4) is 23.5 Å². The van der Waals surface area contributed by atoms with Crippen LogP contribution >= 0.6 is 34.3 Å². The first-order valence-corrected chi connectivity index (χ1v) is 25.8. The Kier molecular flexibility index (Phi) is 15.1. The second-order valence-electron chi connectivity index (χ2n) is 19.6. The van der Waals surface area contributed by atoms with Crippen molar-refractivity contribution in [2.24, 2.45) is 0 Å². The average molecular weight is 1040 g/mol. The monoisotopic (exact) mass is 1030 g/mol. The number of nitrogens with one attached hydrogen (secondary N) is 4. The summed E-state index contributed by atoms with van der Waals surface area (Å²) in [4.78, 5) is 56.4. The molecule has 8 aromatic rings. The number of benzene rings is 2. The Bertz CT molecular complexity index is 3120. The highest BCUT2D eigenvalue weighted by molar-refractivity contribution is 7.22. The molecule has 2 atom stereocenters. The maximum absolute atomic E-state index is 13.9. The summed E-state index contributed by atoms with van der Waals surface area (Å²) in [6.07, 6.45) is 2.28.